The van der Waals surface area contributed by atoms with E-state index in [1.54, 1.807) is 24.5 Å². The largest absolute Gasteiger partial charge is 0.497 e. The molecule has 1 aliphatic heterocycles. The molecule has 7 heteroatoms. The Morgan fingerprint density at radius 2 is 2.09 bits per heavy atom. The Labute approximate surface area is 135 Å². The average molecular weight is 315 g/mol. The van der Waals surface area contributed by atoms with Crippen molar-refractivity contribution in [2.75, 3.05) is 13.7 Å². The van der Waals surface area contributed by atoms with Gasteiger partial charge in [-0.2, -0.15) is 5.26 Å². The van der Waals surface area contributed by atoms with Gasteiger partial charge in [0, 0.05) is 18.9 Å². The quantitative estimate of drug-likeness (QED) is 0.796. The first-order chi connectivity index (χ1) is 10.6. The van der Waals surface area contributed by atoms with Crippen LogP contribution >= 0.6 is 12.2 Å². The molecule has 1 aromatic carbocycles. The molecule has 0 amide bonds. The number of nitriles is 1. The minimum Gasteiger partial charge on any atom is -0.497 e. The lowest BCUT2D eigenvalue weighted by atomic mass is 10.1. The number of thiocarbonyl (C=S) groups is 1. The van der Waals surface area contributed by atoms with Crippen LogP contribution in [0.25, 0.3) is 0 Å². The van der Waals surface area contributed by atoms with Crippen molar-refractivity contribution < 1.29 is 4.74 Å². The molecule has 0 spiro atoms. The maximum atomic E-state index is 9.25. The summed E-state index contributed by atoms with van der Waals surface area (Å²) >= 11 is 4.77. The van der Waals surface area contributed by atoms with Gasteiger partial charge < -0.3 is 15.4 Å². The van der Waals surface area contributed by atoms with Crippen LogP contribution in [0.1, 0.15) is 5.56 Å². The maximum Gasteiger partial charge on any atom is 0.183 e. The highest BCUT2D eigenvalue weighted by molar-refractivity contribution is 7.80. The van der Waals surface area contributed by atoms with Gasteiger partial charge in [0.25, 0.3) is 0 Å². The van der Waals surface area contributed by atoms with E-state index in [4.69, 9.17) is 22.7 Å². The van der Waals surface area contributed by atoms with E-state index < -0.39 is 0 Å². The minimum absolute atomic E-state index is 0.143. The number of hydrazine groups is 1. The second-order valence-electron chi connectivity index (χ2n) is 4.60. The molecule has 3 N–H and O–H groups in total. The van der Waals surface area contributed by atoms with Crippen molar-refractivity contribution in [3.63, 3.8) is 0 Å². The fourth-order valence-corrected chi connectivity index (χ4v) is 2.11. The van der Waals surface area contributed by atoms with Crippen molar-refractivity contribution in [3.05, 3.63) is 54.1 Å². The van der Waals surface area contributed by atoms with E-state index in [2.05, 4.69) is 11.5 Å². The van der Waals surface area contributed by atoms with Crippen molar-refractivity contribution in [1.82, 2.24) is 15.3 Å². The van der Waals surface area contributed by atoms with Gasteiger partial charge in [-0.3, -0.25) is 10.4 Å². The van der Waals surface area contributed by atoms with Crippen LogP contribution in [0.5, 0.6) is 5.75 Å². The van der Waals surface area contributed by atoms with Crippen molar-refractivity contribution >= 4 is 17.3 Å². The molecule has 2 rings (SSSR count). The summed E-state index contributed by atoms with van der Waals surface area (Å²) in [6.07, 6.45) is 6.03. The number of nitrogens with zero attached hydrogens (tertiary/aromatic N) is 3. The molecule has 0 aromatic heterocycles. The number of allylic oxidation sites excluding steroid dienone is 1. The van der Waals surface area contributed by atoms with Gasteiger partial charge in [0.05, 0.1) is 13.3 Å². The van der Waals surface area contributed by atoms with E-state index in [-0.39, 0.29) is 5.11 Å². The molecule has 0 atom stereocenters. The topological polar surface area (TPSA) is 77.6 Å². The summed E-state index contributed by atoms with van der Waals surface area (Å²) in [5, 5.41) is 11.0. The van der Waals surface area contributed by atoms with E-state index in [9.17, 15) is 5.26 Å². The Morgan fingerprint density at radius 1 is 1.36 bits per heavy atom. The molecule has 1 heterocycles. The summed E-state index contributed by atoms with van der Waals surface area (Å²) in [4.78, 5) is 1.88. The lowest BCUT2D eigenvalue weighted by molar-refractivity contribution is 0.381. The Kier molecular flexibility index (Phi) is 5.22. The van der Waals surface area contributed by atoms with Gasteiger partial charge in [-0.15, -0.1) is 0 Å². The van der Waals surface area contributed by atoms with E-state index in [0.717, 1.165) is 12.2 Å². The average Bonchev–Trinajstić information content (AvgIpc) is 2.53. The monoisotopic (exact) mass is 315 g/mol. The predicted molar refractivity (Wildman–Crippen MR) is 88.0 cm³/mol. The molecule has 114 valence electrons. The number of ether oxygens (including phenoxy) is 1. The summed E-state index contributed by atoms with van der Waals surface area (Å²) in [7, 11) is 1.64. The maximum absolute atomic E-state index is 9.25. The zero-order chi connectivity index (χ0) is 15.9. The van der Waals surface area contributed by atoms with Crippen LogP contribution in [0.4, 0.5) is 0 Å². The fourth-order valence-electron chi connectivity index (χ4n) is 2.01. The normalized spacial score (nSPS) is 13.4. The number of benzene rings is 1. The Morgan fingerprint density at radius 3 is 2.68 bits per heavy atom. The lowest BCUT2D eigenvalue weighted by Crippen LogP contribution is -2.41. The second kappa shape index (κ2) is 7.33. The molecule has 1 aliphatic rings. The van der Waals surface area contributed by atoms with Crippen LogP contribution in [0, 0.1) is 11.3 Å². The van der Waals surface area contributed by atoms with Gasteiger partial charge in [0.1, 0.15) is 17.5 Å². The third kappa shape index (κ3) is 4.14. The van der Waals surface area contributed by atoms with Crippen LogP contribution < -0.4 is 15.9 Å². The molecule has 0 saturated heterocycles. The van der Waals surface area contributed by atoms with E-state index in [0.29, 0.717) is 12.2 Å². The predicted octanol–water partition coefficient (Wildman–Crippen LogP) is 1.44. The zero-order valence-corrected chi connectivity index (χ0v) is 13.0. The van der Waals surface area contributed by atoms with Crippen molar-refractivity contribution in [2.45, 2.75) is 6.42 Å². The van der Waals surface area contributed by atoms with Gasteiger partial charge in [0.2, 0.25) is 0 Å². The summed E-state index contributed by atoms with van der Waals surface area (Å²) in [6, 6.07) is 10.0. The first-order valence-electron chi connectivity index (χ1n) is 6.66. The van der Waals surface area contributed by atoms with E-state index in [1.165, 1.54) is 5.56 Å². The van der Waals surface area contributed by atoms with Crippen LogP contribution in [0.2, 0.25) is 0 Å². The van der Waals surface area contributed by atoms with Crippen LogP contribution in [0.3, 0.4) is 0 Å². The van der Waals surface area contributed by atoms with E-state index in [1.807, 2.05) is 35.4 Å². The van der Waals surface area contributed by atoms with Crippen LogP contribution in [-0.4, -0.2) is 28.7 Å². The smallest absolute Gasteiger partial charge is 0.183 e. The van der Waals surface area contributed by atoms with Crippen molar-refractivity contribution in [2.24, 2.45) is 5.73 Å². The molecule has 0 fully saturated rings. The van der Waals surface area contributed by atoms with Gasteiger partial charge in [-0.25, -0.2) is 0 Å². The number of methoxy groups -OCH3 is 1. The van der Waals surface area contributed by atoms with Gasteiger partial charge in [-0.1, -0.05) is 12.1 Å². The highest BCUT2D eigenvalue weighted by Gasteiger charge is 2.13. The number of hydrogen-bond acceptors (Lipinski definition) is 5. The molecule has 22 heavy (non-hydrogen) atoms. The standard InChI is InChI=1S/C15H17N5OS/c1-21-14-4-2-12(3-5-14)6-7-19-8-9-20(18-15(17)22)11-13(19)10-16/h2-5,8-9,11H,6-7H2,1H3,(H3,17,18,22). The van der Waals surface area contributed by atoms with Crippen LogP contribution in [-0.2, 0) is 6.42 Å². The zero-order valence-electron chi connectivity index (χ0n) is 12.2. The Balaban J connectivity index is 1.96. The summed E-state index contributed by atoms with van der Waals surface area (Å²) in [5.41, 5.74) is 9.84. The molecular weight excluding hydrogens is 298 g/mol. The second-order valence-corrected chi connectivity index (χ2v) is 5.04. The van der Waals surface area contributed by atoms with Crippen molar-refractivity contribution in [1.29, 1.82) is 5.26 Å². The van der Waals surface area contributed by atoms with E-state index >= 15 is 0 Å². The summed E-state index contributed by atoms with van der Waals surface area (Å²) in [6.45, 7) is 0.698. The molecule has 0 saturated carbocycles. The highest BCUT2D eigenvalue weighted by Crippen LogP contribution is 2.15. The Bertz CT molecular complexity index is 632. The summed E-state index contributed by atoms with van der Waals surface area (Å²) < 4.78 is 5.13. The lowest BCUT2D eigenvalue weighted by Gasteiger charge is -2.27. The number of rotatable bonds is 5. The first-order valence-corrected chi connectivity index (χ1v) is 7.07. The molecule has 0 radical (unpaired) electrons. The highest BCUT2D eigenvalue weighted by atomic mass is 32.1. The third-order valence-electron chi connectivity index (χ3n) is 3.13. The molecule has 6 nitrogen and oxygen atoms in total. The number of hydrogen-bond donors (Lipinski definition) is 2. The third-order valence-corrected chi connectivity index (χ3v) is 3.22. The summed E-state index contributed by atoms with van der Waals surface area (Å²) in [5.74, 6) is 0.832. The first kappa shape index (κ1) is 15.7. The van der Waals surface area contributed by atoms with Crippen molar-refractivity contribution in [3.8, 4) is 11.8 Å². The molecule has 0 bridgehead atoms. The fraction of sp³-hybridized carbons (Fsp3) is 0.200. The SMILES string of the molecule is COc1ccc(CCN2C=CN(NC(N)=S)C=C2C#N)cc1. The molecular formula is C15H17N5OS. The molecule has 1 aromatic rings. The van der Waals surface area contributed by atoms with Gasteiger partial charge in [0.15, 0.2) is 5.11 Å². The van der Waals surface area contributed by atoms with Gasteiger partial charge in [-0.05, 0) is 36.3 Å². The number of nitrogens with two attached hydrogens (primary N) is 1. The minimum atomic E-state index is 0.143. The van der Waals surface area contributed by atoms with Crippen LogP contribution in [0.15, 0.2) is 48.6 Å². The van der Waals surface area contributed by atoms with Gasteiger partial charge >= 0.3 is 0 Å². The Hall–Kier alpha value is -2.72. The molecule has 0 unspecified atom stereocenters. The number of nitrogens with one attached hydrogen (secondary N) is 1. The molecule has 0 aliphatic carbocycles.